The van der Waals surface area contributed by atoms with E-state index in [1.807, 2.05) is 4.72 Å². The van der Waals surface area contributed by atoms with Gasteiger partial charge in [0.2, 0.25) is 0 Å². The van der Waals surface area contributed by atoms with E-state index in [0.717, 1.165) is 29.2 Å². The first-order valence-corrected chi connectivity index (χ1v) is 13.3. The molecule has 1 N–H and O–H groups in total. The van der Waals surface area contributed by atoms with E-state index in [9.17, 15) is 35.2 Å². The summed E-state index contributed by atoms with van der Waals surface area (Å²) in [6.45, 7) is 4.73. The SMILES string of the molecule is CC(C)(C)OC(=O)N1CC2(CC2)[C@H](NS(=O)(=O)C(F)F)[C@@H]1Cc1cc(F)cc(-c2cc(F)cc(F)c2)c1F. The van der Waals surface area contributed by atoms with Gasteiger partial charge in [-0.05, 0) is 75.4 Å². The molecular weight excluding hydrogens is 538 g/mol. The number of hydrogen-bond acceptors (Lipinski definition) is 4. The normalized spacial score (nSPS) is 20.8. The predicted octanol–water partition coefficient (Wildman–Crippen LogP) is 5.36. The number of sulfonamides is 1. The number of nitrogens with one attached hydrogen (secondary N) is 1. The lowest BCUT2D eigenvalue weighted by atomic mass is 9.91. The van der Waals surface area contributed by atoms with E-state index in [1.165, 1.54) is 0 Å². The van der Waals surface area contributed by atoms with Crippen molar-refractivity contribution >= 4 is 16.1 Å². The third-order valence-corrected chi connectivity index (χ3v) is 7.74. The number of ether oxygens (including phenoxy) is 1. The second kappa shape index (κ2) is 9.74. The summed E-state index contributed by atoms with van der Waals surface area (Å²) in [5, 5.41) is 0. The summed E-state index contributed by atoms with van der Waals surface area (Å²) in [5.41, 5.74) is -2.95. The number of rotatable bonds is 6. The van der Waals surface area contributed by atoms with Crippen molar-refractivity contribution in [3.63, 3.8) is 0 Å². The van der Waals surface area contributed by atoms with Gasteiger partial charge in [-0.3, -0.25) is 0 Å². The minimum atomic E-state index is -5.11. The fourth-order valence-corrected chi connectivity index (χ4v) is 5.76. The molecule has 2 aromatic rings. The first kappa shape index (κ1) is 28.2. The van der Waals surface area contributed by atoms with Gasteiger partial charge in [0.05, 0.1) is 12.1 Å². The molecule has 0 aromatic heterocycles. The number of benzene rings is 2. The summed E-state index contributed by atoms with van der Waals surface area (Å²) in [6.07, 6.45) is -0.569. The molecule has 1 amide bonds. The number of nitrogens with zero attached hydrogens (tertiary/aromatic N) is 1. The summed E-state index contributed by atoms with van der Waals surface area (Å²) in [4.78, 5) is 14.2. The summed E-state index contributed by atoms with van der Waals surface area (Å²) >= 11 is 0. The Balaban J connectivity index is 1.78. The fourth-order valence-electron chi connectivity index (χ4n) is 4.89. The van der Waals surface area contributed by atoms with Crippen molar-refractivity contribution in [3.05, 3.63) is 59.2 Å². The Kier molecular flexibility index (Phi) is 7.23. The van der Waals surface area contributed by atoms with Gasteiger partial charge < -0.3 is 9.64 Å². The first-order chi connectivity index (χ1) is 17.5. The van der Waals surface area contributed by atoms with Crippen molar-refractivity contribution in [2.24, 2.45) is 5.41 Å². The van der Waals surface area contributed by atoms with Crippen molar-refractivity contribution in [1.29, 1.82) is 0 Å². The molecular formula is C25H26F6N2O4S. The van der Waals surface area contributed by atoms with Crippen LogP contribution in [0.4, 0.5) is 31.1 Å². The largest absolute Gasteiger partial charge is 0.444 e. The molecule has 2 atom stereocenters. The third kappa shape index (κ3) is 5.78. The van der Waals surface area contributed by atoms with Crippen LogP contribution in [0.25, 0.3) is 11.1 Å². The highest BCUT2D eigenvalue weighted by atomic mass is 32.2. The van der Waals surface area contributed by atoms with Crippen LogP contribution in [0.1, 0.15) is 39.2 Å². The maximum absolute atomic E-state index is 15.7. The van der Waals surface area contributed by atoms with Gasteiger partial charge in [-0.2, -0.15) is 8.78 Å². The van der Waals surface area contributed by atoms with Gasteiger partial charge in [0.15, 0.2) is 0 Å². The highest BCUT2D eigenvalue weighted by Crippen LogP contribution is 2.56. The molecule has 0 radical (unpaired) electrons. The van der Waals surface area contributed by atoms with E-state index in [-0.39, 0.29) is 17.7 Å². The average Bonchev–Trinajstić information content (AvgIpc) is 3.49. The van der Waals surface area contributed by atoms with Gasteiger partial charge in [-0.15, -0.1) is 0 Å². The summed E-state index contributed by atoms with van der Waals surface area (Å²) in [5.74, 6) is -7.82. The lowest BCUT2D eigenvalue weighted by molar-refractivity contribution is 0.0213. The Morgan fingerprint density at radius 1 is 1.05 bits per heavy atom. The first-order valence-electron chi connectivity index (χ1n) is 11.7. The zero-order chi connectivity index (χ0) is 28.2. The molecule has 2 aliphatic rings. The van der Waals surface area contributed by atoms with E-state index < -0.39 is 80.2 Å². The maximum atomic E-state index is 15.7. The van der Waals surface area contributed by atoms with E-state index in [2.05, 4.69) is 0 Å². The van der Waals surface area contributed by atoms with Gasteiger partial charge >= 0.3 is 11.9 Å². The van der Waals surface area contributed by atoms with E-state index in [4.69, 9.17) is 4.74 Å². The van der Waals surface area contributed by atoms with Crippen LogP contribution in [0, 0.1) is 28.7 Å². The maximum Gasteiger partial charge on any atom is 0.410 e. The zero-order valence-electron chi connectivity index (χ0n) is 20.7. The van der Waals surface area contributed by atoms with Crippen LogP contribution in [0.2, 0.25) is 0 Å². The summed E-state index contributed by atoms with van der Waals surface area (Å²) in [6, 6.07) is 1.26. The number of carbonyl (C=O) groups excluding carboxylic acids is 1. The van der Waals surface area contributed by atoms with Crippen LogP contribution in [0.15, 0.2) is 30.3 Å². The van der Waals surface area contributed by atoms with Crippen LogP contribution in [-0.2, 0) is 21.2 Å². The fraction of sp³-hybridized carbons (Fsp3) is 0.480. The van der Waals surface area contributed by atoms with Crippen LogP contribution in [0.5, 0.6) is 0 Å². The molecule has 1 aliphatic heterocycles. The molecule has 208 valence electrons. The lowest BCUT2D eigenvalue weighted by Gasteiger charge is -2.31. The van der Waals surface area contributed by atoms with Crippen molar-refractivity contribution < 1.29 is 44.3 Å². The molecule has 2 fully saturated rings. The smallest absolute Gasteiger partial charge is 0.410 e. The molecule has 6 nitrogen and oxygen atoms in total. The van der Waals surface area contributed by atoms with Gasteiger partial charge in [-0.1, -0.05) is 0 Å². The number of hydrogen-bond donors (Lipinski definition) is 1. The van der Waals surface area contributed by atoms with Gasteiger partial charge in [-0.25, -0.2) is 35.5 Å². The molecule has 0 bridgehead atoms. The Labute approximate surface area is 216 Å². The highest BCUT2D eigenvalue weighted by Gasteiger charge is 2.62. The standard InChI is InChI=1S/C25H26F6N2O4S/c1-24(2,3)37-23(34)33-12-25(4-5-25)21(32-38(35,36)22(30)31)19(33)9-14-8-17(28)11-18(20(14)29)13-6-15(26)10-16(27)7-13/h6-8,10-11,19,21-22,32H,4-5,9,12H2,1-3H3/t19-,21+/m0/s1. The molecule has 1 spiro atoms. The Morgan fingerprint density at radius 3 is 2.16 bits per heavy atom. The Hall–Kier alpha value is -2.80. The molecule has 1 saturated carbocycles. The molecule has 38 heavy (non-hydrogen) atoms. The second-order valence-corrected chi connectivity index (χ2v) is 12.4. The van der Waals surface area contributed by atoms with Crippen LogP contribution < -0.4 is 4.72 Å². The third-order valence-electron chi connectivity index (χ3n) is 6.69. The zero-order valence-corrected chi connectivity index (χ0v) is 21.5. The Morgan fingerprint density at radius 2 is 1.63 bits per heavy atom. The number of likely N-dealkylation sites (tertiary alicyclic amines) is 1. The predicted molar refractivity (Wildman–Crippen MR) is 126 cm³/mol. The molecule has 13 heteroatoms. The van der Waals surface area contributed by atoms with Crippen molar-refractivity contribution in [2.45, 2.75) is 63.5 Å². The van der Waals surface area contributed by atoms with Crippen molar-refractivity contribution in [2.75, 3.05) is 6.54 Å². The molecule has 1 heterocycles. The highest BCUT2D eigenvalue weighted by molar-refractivity contribution is 7.89. The Bertz CT molecular complexity index is 1340. The summed E-state index contributed by atoms with van der Waals surface area (Å²) in [7, 11) is -5.11. The monoisotopic (exact) mass is 564 g/mol. The number of amides is 1. The summed E-state index contributed by atoms with van der Waals surface area (Å²) < 4.78 is 116. The number of alkyl halides is 2. The van der Waals surface area contributed by atoms with Gasteiger partial charge in [0, 0.05) is 23.6 Å². The van der Waals surface area contributed by atoms with Crippen LogP contribution in [0.3, 0.4) is 0 Å². The van der Waals surface area contributed by atoms with E-state index in [1.54, 1.807) is 20.8 Å². The van der Waals surface area contributed by atoms with E-state index >= 15 is 4.39 Å². The van der Waals surface area contributed by atoms with E-state index in [0.29, 0.717) is 18.9 Å². The lowest BCUT2D eigenvalue weighted by Crippen LogP contribution is -2.51. The molecule has 2 aromatic carbocycles. The number of carbonyl (C=O) groups is 1. The second-order valence-electron chi connectivity index (χ2n) is 10.7. The topological polar surface area (TPSA) is 75.7 Å². The van der Waals surface area contributed by atoms with Crippen LogP contribution in [-0.4, -0.2) is 49.4 Å². The van der Waals surface area contributed by atoms with Gasteiger partial charge in [0.1, 0.15) is 28.9 Å². The minimum absolute atomic E-state index is 0.0537. The molecule has 0 unspecified atom stereocenters. The minimum Gasteiger partial charge on any atom is -0.444 e. The van der Waals surface area contributed by atoms with Crippen LogP contribution >= 0.6 is 0 Å². The molecule has 4 rings (SSSR count). The quantitative estimate of drug-likeness (QED) is 0.480. The van der Waals surface area contributed by atoms with Crippen molar-refractivity contribution in [3.8, 4) is 11.1 Å². The average molecular weight is 565 g/mol. The molecule has 1 saturated heterocycles. The molecule has 1 aliphatic carbocycles. The number of halogens is 6. The van der Waals surface area contributed by atoms with Gasteiger partial charge in [0.25, 0.3) is 10.0 Å². The van der Waals surface area contributed by atoms with Crippen molar-refractivity contribution in [1.82, 2.24) is 9.62 Å².